The Morgan fingerprint density at radius 2 is 1.90 bits per heavy atom. The number of rotatable bonds is 3. The summed E-state index contributed by atoms with van der Waals surface area (Å²) in [6.07, 6.45) is 11.2. The maximum atomic E-state index is 12.6. The molecule has 2 saturated heterocycles. The number of nitrogens with one attached hydrogen (secondary N) is 2. The van der Waals surface area contributed by atoms with Gasteiger partial charge in [-0.1, -0.05) is 12.1 Å². The van der Waals surface area contributed by atoms with Crippen LogP contribution in [0.15, 0.2) is 60.1 Å². The molecule has 1 aromatic rings. The van der Waals surface area contributed by atoms with Crippen LogP contribution in [0.25, 0.3) is 0 Å². The Morgan fingerprint density at radius 3 is 2.61 bits per heavy atom. The highest BCUT2D eigenvalue weighted by atomic mass is 16.5. The molecular formula is C24H28N4O3. The summed E-state index contributed by atoms with van der Waals surface area (Å²) >= 11 is 0. The number of fused-ring (bicyclic) bond motifs is 1. The smallest absolute Gasteiger partial charge is 0.326 e. The van der Waals surface area contributed by atoms with Crippen LogP contribution in [-0.2, 0) is 9.53 Å². The molecule has 2 fully saturated rings. The lowest BCUT2D eigenvalue weighted by atomic mass is 9.89. The number of dihydropyridines is 1. The Balaban J connectivity index is 1.14. The molecule has 1 atom stereocenters. The Bertz CT molecular complexity index is 936. The van der Waals surface area contributed by atoms with E-state index in [4.69, 9.17) is 4.74 Å². The SMILES string of the molecule is O=C(Nc1ccc(C2CCN(C(=O)[C@H]3CCCO3)CC2)cc1)N1C=C2C=CNC=C2C1. The molecule has 162 valence electrons. The number of carbonyl (C=O) groups excluding carboxylic acids is 2. The summed E-state index contributed by atoms with van der Waals surface area (Å²) in [5.74, 6) is 0.601. The van der Waals surface area contributed by atoms with Gasteiger partial charge in [-0.25, -0.2) is 4.79 Å². The van der Waals surface area contributed by atoms with Gasteiger partial charge in [0.05, 0.1) is 6.54 Å². The molecule has 7 heteroatoms. The van der Waals surface area contributed by atoms with Crippen LogP contribution in [0.2, 0.25) is 0 Å². The van der Waals surface area contributed by atoms with Crippen LogP contribution in [0.3, 0.4) is 0 Å². The molecule has 0 radical (unpaired) electrons. The van der Waals surface area contributed by atoms with E-state index in [1.54, 1.807) is 4.90 Å². The zero-order valence-electron chi connectivity index (χ0n) is 17.5. The van der Waals surface area contributed by atoms with E-state index in [9.17, 15) is 9.59 Å². The topological polar surface area (TPSA) is 73.9 Å². The van der Waals surface area contributed by atoms with E-state index >= 15 is 0 Å². The van der Waals surface area contributed by atoms with E-state index in [1.807, 2.05) is 41.7 Å². The first-order valence-corrected chi connectivity index (χ1v) is 11.1. The summed E-state index contributed by atoms with van der Waals surface area (Å²) in [6.45, 7) is 2.84. The lowest BCUT2D eigenvalue weighted by Gasteiger charge is -2.33. The number of hydrogen-bond donors (Lipinski definition) is 2. The van der Waals surface area contributed by atoms with Crippen LogP contribution >= 0.6 is 0 Å². The first kappa shape index (κ1) is 19.9. The van der Waals surface area contributed by atoms with Gasteiger partial charge in [-0.3, -0.25) is 9.69 Å². The number of ether oxygens (including phenoxy) is 1. The number of amides is 3. The highest BCUT2D eigenvalue weighted by Gasteiger charge is 2.31. The summed E-state index contributed by atoms with van der Waals surface area (Å²) in [5, 5.41) is 6.04. The lowest BCUT2D eigenvalue weighted by molar-refractivity contribution is -0.142. The number of piperidine rings is 1. The van der Waals surface area contributed by atoms with Crippen molar-refractivity contribution >= 4 is 17.6 Å². The maximum Gasteiger partial charge on any atom is 0.326 e. The molecule has 31 heavy (non-hydrogen) atoms. The van der Waals surface area contributed by atoms with Gasteiger partial charge in [0.2, 0.25) is 0 Å². The molecule has 5 rings (SSSR count). The molecule has 0 aromatic heterocycles. The second-order valence-corrected chi connectivity index (χ2v) is 8.54. The number of anilines is 1. The predicted molar refractivity (Wildman–Crippen MR) is 118 cm³/mol. The second-order valence-electron chi connectivity index (χ2n) is 8.54. The molecular weight excluding hydrogens is 392 g/mol. The quantitative estimate of drug-likeness (QED) is 0.787. The van der Waals surface area contributed by atoms with Crippen molar-refractivity contribution in [1.82, 2.24) is 15.1 Å². The van der Waals surface area contributed by atoms with E-state index < -0.39 is 0 Å². The van der Waals surface area contributed by atoms with Gasteiger partial charge in [-0.15, -0.1) is 0 Å². The highest BCUT2D eigenvalue weighted by molar-refractivity contribution is 5.91. The molecule has 4 aliphatic heterocycles. The number of carbonyl (C=O) groups is 2. The first-order valence-electron chi connectivity index (χ1n) is 11.1. The van der Waals surface area contributed by atoms with Crippen LogP contribution in [0.5, 0.6) is 0 Å². The standard InChI is InChI=1S/C24H28N4O3/c29-23(22-2-1-13-31-22)27-11-8-18(9-12-27)17-3-5-21(6-4-17)26-24(30)28-15-19-7-10-25-14-20(19)16-28/h3-7,10,14-15,18,22,25H,1-2,8-9,11-13,16H2,(H,26,30)/t22-/m1/s1. The van der Waals surface area contributed by atoms with Crippen LogP contribution in [-0.4, -0.2) is 54.1 Å². The third kappa shape index (κ3) is 4.23. The number of allylic oxidation sites excluding steroid dienone is 1. The zero-order valence-corrected chi connectivity index (χ0v) is 17.5. The fourth-order valence-corrected chi connectivity index (χ4v) is 4.71. The highest BCUT2D eigenvalue weighted by Crippen LogP contribution is 2.30. The molecule has 0 bridgehead atoms. The predicted octanol–water partition coefficient (Wildman–Crippen LogP) is 3.30. The molecule has 2 N–H and O–H groups in total. The van der Waals surface area contributed by atoms with Gasteiger partial charge in [0.15, 0.2) is 0 Å². The summed E-state index contributed by atoms with van der Waals surface area (Å²) in [5.41, 5.74) is 4.22. The van der Waals surface area contributed by atoms with Crippen molar-refractivity contribution < 1.29 is 14.3 Å². The van der Waals surface area contributed by atoms with Gasteiger partial charge < -0.3 is 20.3 Å². The molecule has 4 aliphatic rings. The molecule has 4 heterocycles. The number of hydrogen-bond acceptors (Lipinski definition) is 4. The van der Waals surface area contributed by atoms with Gasteiger partial charge in [0, 0.05) is 44.0 Å². The van der Waals surface area contributed by atoms with Crippen molar-refractivity contribution in [2.24, 2.45) is 0 Å². The Labute approximate surface area is 182 Å². The van der Waals surface area contributed by atoms with Crippen molar-refractivity contribution in [3.8, 4) is 0 Å². The minimum atomic E-state index is -0.224. The molecule has 0 unspecified atom stereocenters. The van der Waals surface area contributed by atoms with Gasteiger partial charge in [-0.05, 0) is 66.5 Å². The minimum absolute atomic E-state index is 0.134. The fourth-order valence-electron chi connectivity index (χ4n) is 4.71. The van der Waals surface area contributed by atoms with E-state index in [1.165, 1.54) is 5.56 Å². The van der Waals surface area contributed by atoms with E-state index in [2.05, 4.69) is 22.8 Å². The Kier molecular flexibility index (Phi) is 5.51. The Morgan fingerprint density at radius 1 is 1.10 bits per heavy atom. The summed E-state index contributed by atoms with van der Waals surface area (Å²) in [7, 11) is 0. The van der Waals surface area contributed by atoms with Crippen LogP contribution in [0, 0.1) is 0 Å². The molecule has 0 saturated carbocycles. The third-order valence-corrected chi connectivity index (χ3v) is 6.53. The van der Waals surface area contributed by atoms with E-state index in [-0.39, 0.29) is 18.0 Å². The van der Waals surface area contributed by atoms with Gasteiger partial charge in [0.1, 0.15) is 6.10 Å². The average molecular weight is 421 g/mol. The van der Waals surface area contributed by atoms with Crippen LogP contribution < -0.4 is 10.6 Å². The van der Waals surface area contributed by atoms with E-state index in [0.29, 0.717) is 19.1 Å². The number of benzene rings is 1. The first-order chi connectivity index (χ1) is 15.2. The molecule has 1 aromatic carbocycles. The molecule has 7 nitrogen and oxygen atoms in total. The number of nitrogens with zero attached hydrogens (tertiary/aromatic N) is 2. The molecule has 3 amide bonds. The monoisotopic (exact) mass is 420 g/mol. The van der Waals surface area contributed by atoms with Crippen LogP contribution in [0.1, 0.15) is 37.2 Å². The lowest BCUT2D eigenvalue weighted by Crippen LogP contribution is -2.43. The normalized spacial score (nSPS) is 23.2. The largest absolute Gasteiger partial charge is 0.368 e. The van der Waals surface area contributed by atoms with Crippen LogP contribution in [0.4, 0.5) is 10.5 Å². The third-order valence-electron chi connectivity index (χ3n) is 6.53. The maximum absolute atomic E-state index is 12.6. The van der Waals surface area contributed by atoms with Gasteiger partial charge in [0.25, 0.3) is 5.91 Å². The fraction of sp³-hybridized carbons (Fsp3) is 0.417. The van der Waals surface area contributed by atoms with Crippen molar-refractivity contribution in [2.45, 2.75) is 37.7 Å². The molecule has 0 spiro atoms. The van der Waals surface area contributed by atoms with Gasteiger partial charge >= 0.3 is 6.03 Å². The minimum Gasteiger partial charge on any atom is -0.368 e. The number of urea groups is 1. The van der Waals surface area contributed by atoms with Gasteiger partial charge in [-0.2, -0.15) is 0 Å². The molecule has 0 aliphatic carbocycles. The van der Waals surface area contributed by atoms with Crippen molar-refractivity contribution in [2.75, 3.05) is 31.6 Å². The Hall–Kier alpha value is -3.06. The summed E-state index contributed by atoms with van der Waals surface area (Å²) in [4.78, 5) is 28.8. The van der Waals surface area contributed by atoms with Crippen molar-refractivity contribution in [1.29, 1.82) is 0 Å². The average Bonchev–Trinajstić information content (AvgIpc) is 3.49. The van der Waals surface area contributed by atoms with Crippen molar-refractivity contribution in [3.63, 3.8) is 0 Å². The number of likely N-dealkylation sites (tertiary alicyclic amines) is 1. The van der Waals surface area contributed by atoms with E-state index in [0.717, 1.165) is 55.6 Å². The van der Waals surface area contributed by atoms with Crippen molar-refractivity contribution in [3.05, 3.63) is 65.7 Å². The zero-order chi connectivity index (χ0) is 21.2. The second kappa shape index (κ2) is 8.59. The summed E-state index contributed by atoms with van der Waals surface area (Å²) < 4.78 is 5.55. The summed E-state index contributed by atoms with van der Waals surface area (Å²) in [6, 6.07) is 7.98.